The molecule has 29 heavy (non-hydrogen) atoms. The smallest absolute Gasteiger partial charge is 0.378 e. The lowest BCUT2D eigenvalue weighted by molar-refractivity contribution is -0.181. The number of aliphatic imine (C=N–C) groups is 1. The fourth-order valence-corrected chi connectivity index (χ4v) is 3.81. The van der Waals surface area contributed by atoms with E-state index >= 15 is 0 Å². The number of nitrogens with zero attached hydrogens (tertiary/aromatic N) is 4. The Labute approximate surface area is 170 Å². The third kappa shape index (κ3) is 5.54. The SMILES string of the molecule is CN=C(NCc1ccccc1N1CCOCC1)N1CCN(C(C)C(F)(F)F)CC1. The van der Waals surface area contributed by atoms with Gasteiger partial charge in [-0.3, -0.25) is 9.89 Å². The highest BCUT2D eigenvalue weighted by molar-refractivity contribution is 5.80. The van der Waals surface area contributed by atoms with E-state index in [2.05, 4.69) is 27.3 Å². The molecule has 1 aromatic rings. The summed E-state index contributed by atoms with van der Waals surface area (Å²) in [6, 6.07) is 6.83. The van der Waals surface area contributed by atoms with Crippen molar-refractivity contribution in [2.75, 3.05) is 64.4 Å². The standard InChI is InChI=1S/C20H30F3N5O/c1-16(20(21,22)23)26-7-9-28(10-8-26)19(24-2)25-15-17-5-3-4-6-18(17)27-11-13-29-14-12-27/h3-6,16H,7-15H2,1-2H3,(H,24,25). The van der Waals surface area contributed by atoms with E-state index in [9.17, 15) is 13.2 Å². The van der Waals surface area contributed by atoms with E-state index in [0.29, 0.717) is 32.7 Å². The number of anilines is 1. The lowest BCUT2D eigenvalue weighted by Crippen LogP contribution is -2.56. The molecular weight excluding hydrogens is 383 g/mol. The molecule has 0 radical (unpaired) electrons. The van der Waals surface area contributed by atoms with Gasteiger partial charge in [-0.05, 0) is 18.6 Å². The van der Waals surface area contributed by atoms with Gasteiger partial charge in [0.05, 0.1) is 13.2 Å². The van der Waals surface area contributed by atoms with Gasteiger partial charge in [0, 0.05) is 58.5 Å². The van der Waals surface area contributed by atoms with E-state index in [0.717, 1.165) is 32.3 Å². The van der Waals surface area contributed by atoms with Crippen LogP contribution >= 0.6 is 0 Å². The molecule has 0 amide bonds. The van der Waals surface area contributed by atoms with Crippen molar-refractivity contribution in [2.45, 2.75) is 25.7 Å². The lowest BCUT2D eigenvalue weighted by atomic mass is 10.1. The summed E-state index contributed by atoms with van der Waals surface area (Å²) in [5, 5.41) is 3.39. The maximum absolute atomic E-state index is 13.0. The lowest BCUT2D eigenvalue weighted by Gasteiger charge is -2.39. The van der Waals surface area contributed by atoms with Crippen LogP contribution < -0.4 is 10.2 Å². The zero-order valence-electron chi connectivity index (χ0n) is 17.1. The maximum atomic E-state index is 13.0. The molecular formula is C20H30F3N5O. The molecule has 0 aliphatic carbocycles. The van der Waals surface area contributed by atoms with Crippen molar-refractivity contribution in [3.63, 3.8) is 0 Å². The van der Waals surface area contributed by atoms with Crippen LogP contribution in [-0.4, -0.2) is 87.5 Å². The molecule has 1 aromatic carbocycles. The number of piperazine rings is 1. The van der Waals surface area contributed by atoms with E-state index in [1.54, 1.807) is 7.05 Å². The topological polar surface area (TPSA) is 43.3 Å². The third-order valence-electron chi connectivity index (χ3n) is 5.63. The van der Waals surface area contributed by atoms with Crippen LogP contribution in [0.15, 0.2) is 29.3 Å². The van der Waals surface area contributed by atoms with Crippen LogP contribution in [0.2, 0.25) is 0 Å². The number of para-hydroxylation sites is 1. The summed E-state index contributed by atoms with van der Waals surface area (Å²) in [5.41, 5.74) is 2.35. The molecule has 0 saturated carbocycles. The van der Waals surface area contributed by atoms with Gasteiger partial charge in [0.25, 0.3) is 0 Å². The fourth-order valence-electron chi connectivity index (χ4n) is 3.81. The first-order chi connectivity index (χ1) is 13.9. The van der Waals surface area contributed by atoms with E-state index in [1.165, 1.54) is 23.1 Å². The minimum Gasteiger partial charge on any atom is -0.378 e. The molecule has 2 fully saturated rings. The van der Waals surface area contributed by atoms with Crippen molar-refractivity contribution in [1.29, 1.82) is 0 Å². The molecule has 3 rings (SSSR count). The summed E-state index contributed by atoms with van der Waals surface area (Å²) < 4.78 is 44.3. The Morgan fingerprint density at radius 1 is 1.10 bits per heavy atom. The molecule has 0 spiro atoms. The van der Waals surface area contributed by atoms with Gasteiger partial charge in [-0.15, -0.1) is 0 Å². The van der Waals surface area contributed by atoms with Crippen LogP contribution in [0.3, 0.4) is 0 Å². The minimum absolute atomic E-state index is 0.367. The molecule has 2 heterocycles. The summed E-state index contributed by atoms with van der Waals surface area (Å²) in [4.78, 5) is 10.2. The average Bonchev–Trinajstić information content (AvgIpc) is 2.74. The van der Waals surface area contributed by atoms with Gasteiger partial charge >= 0.3 is 6.18 Å². The Hall–Kier alpha value is -2.00. The third-order valence-corrected chi connectivity index (χ3v) is 5.63. The normalized spacial score (nSPS) is 20.7. The molecule has 9 heteroatoms. The van der Waals surface area contributed by atoms with E-state index in [-0.39, 0.29) is 0 Å². The van der Waals surface area contributed by atoms with Crippen molar-refractivity contribution in [2.24, 2.45) is 4.99 Å². The number of ether oxygens (including phenoxy) is 1. The molecule has 2 aliphatic heterocycles. The number of hydrogen-bond acceptors (Lipinski definition) is 4. The van der Waals surface area contributed by atoms with Crippen LogP contribution in [0.1, 0.15) is 12.5 Å². The molecule has 0 bridgehead atoms. The quantitative estimate of drug-likeness (QED) is 0.606. The number of hydrogen-bond donors (Lipinski definition) is 1. The Morgan fingerprint density at radius 2 is 1.76 bits per heavy atom. The van der Waals surface area contributed by atoms with Crippen molar-refractivity contribution < 1.29 is 17.9 Å². The molecule has 1 atom stereocenters. The molecule has 1 unspecified atom stereocenters. The van der Waals surface area contributed by atoms with Crippen LogP contribution in [0.4, 0.5) is 18.9 Å². The highest BCUT2D eigenvalue weighted by atomic mass is 19.4. The summed E-state index contributed by atoms with van der Waals surface area (Å²) in [5.74, 6) is 0.723. The molecule has 2 saturated heterocycles. The Bertz CT molecular complexity index is 683. The number of alkyl halides is 3. The monoisotopic (exact) mass is 413 g/mol. The number of nitrogens with one attached hydrogen (secondary N) is 1. The molecule has 2 aliphatic rings. The molecule has 162 valence electrons. The van der Waals surface area contributed by atoms with E-state index in [4.69, 9.17) is 4.74 Å². The van der Waals surface area contributed by atoms with Crippen molar-refractivity contribution in [3.8, 4) is 0 Å². The van der Waals surface area contributed by atoms with E-state index in [1.807, 2.05) is 17.0 Å². The van der Waals surface area contributed by atoms with E-state index < -0.39 is 12.2 Å². The summed E-state index contributed by atoms with van der Waals surface area (Å²) in [6.45, 7) is 6.79. The number of morpholine rings is 1. The van der Waals surface area contributed by atoms with Crippen LogP contribution in [-0.2, 0) is 11.3 Å². The second-order valence-electron chi connectivity index (χ2n) is 7.37. The number of benzene rings is 1. The first kappa shape index (κ1) is 21.7. The minimum atomic E-state index is -4.19. The van der Waals surface area contributed by atoms with Crippen LogP contribution in [0, 0.1) is 0 Å². The second-order valence-corrected chi connectivity index (χ2v) is 7.37. The first-order valence-electron chi connectivity index (χ1n) is 10.1. The summed E-state index contributed by atoms with van der Waals surface area (Å²) in [6.07, 6.45) is -4.19. The highest BCUT2D eigenvalue weighted by Crippen LogP contribution is 2.25. The van der Waals surface area contributed by atoms with Gasteiger partial charge in [-0.1, -0.05) is 18.2 Å². The second kappa shape index (κ2) is 9.67. The summed E-state index contributed by atoms with van der Waals surface area (Å²) in [7, 11) is 1.71. The van der Waals surface area contributed by atoms with Crippen molar-refractivity contribution in [3.05, 3.63) is 29.8 Å². The predicted octanol–water partition coefficient (Wildman–Crippen LogP) is 2.17. The Balaban J connectivity index is 1.57. The fraction of sp³-hybridized carbons (Fsp3) is 0.650. The Morgan fingerprint density at radius 3 is 2.38 bits per heavy atom. The van der Waals surface area contributed by atoms with Crippen molar-refractivity contribution >= 4 is 11.6 Å². The highest BCUT2D eigenvalue weighted by Gasteiger charge is 2.41. The molecule has 0 aromatic heterocycles. The largest absolute Gasteiger partial charge is 0.403 e. The van der Waals surface area contributed by atoms with Crippen LogP contribution in [0.5, 0.6) is 0 Å². The number of guanidine groups is 1. The number of halogens is 3. The van der Waals surface area contributed by atoms with Gasteiger partial charge in [0.15, 0.2) is 5.96 Å². The molecule has 6 nitrogen and oxygen atoms in total. The zero-order chi connectivity index (χ0) is 20.9. The first-order valence-corrected chi connectivity index (χ1v) is 10.1. The van der Waals surface area contributed by atoms with Crippen molar-refractivity contribution in [1.82, 2.24) is 15.1 Å². The van der Waals surface area contributed by atoms with Gasteiger partial charge in [0.1, 0.15) is 6.04 Å². The summed E-state index contributed by atoms with van der Waals surface area (Å²) >= 11 is 0. The average molecular weight is 413 g/mol. The van der Waals surface area contributed by atoms with Crippen LogP contribution in [0.25, 0.3) is 0 Å². The van der Waals surface area contributed by atoms with Gasteiger partial charge in [-0.2, -0.15) is 13.2 Å². The Kier molecular flexibility index (Phi) is 7.23. The van der Waals surface area contributed by atoms with Gasteiger partial charge in [0.2, 0.25) is 0 Å². The number of rotatable bonds is 4. The maximum Gasteiger partial charge on any atom is 0.403 e. The zero-order valence-corrected chi connectivity index (χ0v) is 17.1. The van der Waals surface area contributed by atoms with Gasteiger partial charge in [-0.25, -0.2) is 0 Å². The predicted molar refractivity (Wildman–Crippen MR) is 108 cm³/mol. The van der Waals surface area contributed by atoms with Gasteiger partial charge < -0.3 is 19.9 Å². The molecule has 1 N–H and O–H groups in total.